The van der Waals surface area contributed by atoms with Crippen molar-refractivity contribution in [3.63, 3.8) is 0 Å². The van der Waals surface area contributed by atoms with E-state index in [1.807, 2.05) is 14.0 Å². The van der Waals surface area contributed by atoms with Gasteiger partial charge in [0.15, 0.2) is 0 Å². The van der Waals surface area contributed by atoms with Gasteiger partial charge in [-0.2, -0.15) is 0 Å². The van der Waals surface area contributed by atoms with E-state index in [0.717, 1.165) is 43.5 Å². The van der Waals surface area contributed by atoms with E-state index in [4.69, 9.17) is 16.3 Å². The van der Waals surface area contributed by atoms with Crippen molar-refractivity contribution in [1.82, 2.24) is 19.3 Å². The molecule has 3 unspecified atom stereocenters. The predicted octanol–water partition coefficient (Wildman–Crippen LogP) is 4.67. The van der Waals surface area contributed by atoms with Crippen LogP contribution < -0.4 is 10.1 Å². The van der Waals surface area contributed by atoms with Gasteiger partial charge >= 0.3 is 0 Å². The van der Waals surface area contributed by atoms with Crippen LogP contribution in [0, 0.1) is 17.7 Å². The van der Waals surface area contributed by atoms with Gasteiger partial charge in [-0.1, -0.05) is 11.6 Å². The molecule has 6 rings (SSSR count). The van der Waals surface area contributed by atoms with Crippen LogP contribution in [0.5, 0.6) is 5.88 Å². The summed E-state index contributed by atoms with van der Waals surface area (Å²) < 4.78 is 22.9. The van der Waals surface area contributed by atoms with Gasteiger partial charge in [-0.25, -0.2) is 9.37 Å². The number of rotatable bonds is 7. The number of aryl methyl sites for hydroxylation is 2. The van der Waals surface area contributed by atoms with Crippen LogP contribution >= 0.6 is 11.6 Å². The number of fused-ring (bicyclic) bond motifs is 1. The van der Waals surface area contributed by atoms with Crippen LogP contribution in [0.1, 0.15) is 79.7 Å². The molecular formula is C29H35ClFN5O4. The van der Waals surface area contributed by atoms with Gasteiger partial charge in [-0.05, 0) is 81.9 Å². The van der Waals surface area contributed by atoms with Crippen LogP contribution in [0.4, 0.5) is 10.1 Å². The second-order valence-corrected chi connectivity index (χ2v) is 12.4. The molecule has 2 aromatic heterocycles. The molecule has 3 aromatic rings. The van der Waals surface area contributed by atoms with E-state index in [2.05, 4.69) is 15.4 Å². The topological polar surface area (TPSA) is 114 Å². The van der Waals surface area contributed by atoms with E-state index < -0.39 is 17.0 Å². The predicted molar refractivity (Wildman–Crippen MR) is 147 cm³/mol. The highest BCUT2D eigenvalue weighted by molar-refractivity contribution is 6.31. The Morgan fingerprint density at radius 1 is 1.20 bits per heavy atom. The van der Waals surface area contributed by atoms with Gasteiger partial charge < -0.3 is 24.8 Å². The molecule has 3 saturated carbocycles. The molecule has 0 spiro atoms. The number of hydrogen-bond acceptors (Lipinski definition) is 6. The number of benzene rings is 1. The second-order valence-electron chi connectivity index (χ2n) is 12.0. The summed E-state index contributed by atoms with van der Waals surface area (Å²) in [5, 5.41) is 29.6. The summed E-state index contributed by atoms with van der Waals surface area (Å²) in [5.41, 5.74) is 0.514. The number of halogens is 2. The molecule has 3 aliphatic rings. The van der Waals surface area contributed by atoms with Gasteiger partial charge in [0.05, 0.1) is 22.7 Å². The normalized spacial score (nSPS) is 27.7. The second kappa shape index (κ2) is 9.85. The summed E-state index contributed by atoms with van der Waals surface area (Å²) >= 11 is 5.88. The van der Waals surface area contributed by atoms with Crippen LogP contribution in [-0.2, 0) is 19.7 Å². The van der Waals surface area contributed by atoms with Gasteiger partial charge in [0, 0.05) is 31.8 Å². The van der Waals surface area contributed by atoms with Crippen molar-refractivity contribution in [2.45, 2.75) is 75.1 Å². The molecule has 2 heterocycles. The maximum absolute atomic E-state index is 13.6. The highest BCUT2D eigenvalue weighted by Gasteiger charge is 2.52. The first-order chi connectivity index (χ1) is 19.0. The molecule has 0 saturated heterocycles. The fraction of sp³-hybridized carbons (Fsp3) is 0.552. The van der Waals surface area contributed by atoms with Crippen molar-refractivity contribution in [2.75, 3.05) is 5.32 Å². The molecule has 3 N–H and O–H groups in total. The first kappa shape index (κ1) is 27.2. The Balaban J connectivity index is 1.14. The van der Waals surface area contributed by atoms with Gasteiger partial charge in [0.25, 0.3) is 5.91 Å². The van der Waals surface area contributed by atoms with Crippen LogP contribution in [0.15, 0.2) is 30.6 Å². The number of ether oxygens (including phenoxy) is 1. The smallest absolute Gasteiger partial charge is 0.274 e. The summed E-state index contributed by atoms with van der Waals surface area (Å²) in [7, 11) is 3.59. The number of carbonyl (C=O) groups excluding carboxylic acids is 1. The van der Waals surface area contributed by atoms with Crippen molar-refractivity contribution in [1.29, 1.82) is 0 Å². The first-order valence-corrected chi connectivity index (χ1v) is 14.3. The van der Waals surface area contributed by atoms with Gasteiger partial charge in [0.1, 0.15) is 28.8 Å². The fourth-order valence-electron chi connectivity index (χ4n) is 7.05. The third kappa shape index (κ3) is 4.69. The van der Waals surface area contributed by atoms with Crippen molar-refractivity contribution in [3.8, 4) is 5.88 Å². The number of carbonyl (C=O) groups is 1. The quantitative estimate of drug-likeness (QED) is 0.380. The Kier molecular flexibility index (Phi) is 6.71. The third-order valence-electron chi connectivity index (χ3n) is 9.39. The van der Waals surface area contributed by atoms with E-state index in [1.165, 1.54) is 18.2 Å². The Morgan fingerprint density at radius 3 is 2.52 bits per heavy atom. The van der Waals surface area contributed by atoms with E-state index in [1.54, 1.807) is 28.7 Å². The third-order valence-corrected chi connectivity index (χ3v) is 9.68. The lowest BCUT2D eigenvalue weighted by Crippen LogP contribution is -2.49. The standard InChI is InChI=1S/C29H35ClFN5O4/c1-16(28(38)7-4-8-28)40-24-12-23(36(3)34-24)29(39)13-18-9-17(10-19(18)14-29)25-26(35(2)15-32-25)27(37)33-20-5-6-22(31)21(30)11-20/h5-6,11-12,15-19,38-39H,4,7-10,13-14H2,1-3H3,(H,33,37). The molecular weight excluding hydrogens is 537 g/mol. The van der Waals surface area contributed by atoms with Gasteiger partial charge in [0.2, 0.25) is 5.88 Å². The van der Waals surface area contributed by atoms with Crippen molar-refractivity contribution >= 4 is 23.2 Å². The molecule has 40 heavy (non-hydrogen) atoms. The molecule has 0 aliphatic heterocycles. The average molecular weight is 572 g/mol. The fourth-order valence-corrected chi connectivity index (χ4v) is 7.23. The SMILES string of the molecule is CC(Oc1cc(C2(O)CC3CC(c4ncn(C)c4C(=O)Nc4ccc(F)c(Cl)c4)CC3C2)n(C)n1)C1(O)CCC1. The van der Waals surface area contributed by atoms with E-state index in [9.17, 15) is 19.4 Å². The first-order valence-electron chi connectivity index (χ1n) is 13.9. The van der Waals surface area contributed by atoms with Crippen molar-refractivity contribution in [3.05, 3.63) is 58.5 Å². The monoisotopic (exact) mass is 571 g/mol. The molecule has 0 radical (unpaired) electrons. The van der Waals surface area contributed by atoms with Crippen molar-refractivity contribution < 1.29 is 24.1 Å². The minimum Gasteiger partial charge on any atom is -0.471 e. The molecule has 1 amide bonds. The molecule has 3 atom stereocenters. The van der Waals surface area contributed by atoms with E-state index in [0.29, 0.717) is 30.1 Å². The minimum absolute atomic E-state index is 0.0589. The zero-order chi connectivity index (χ0) is 28.4. The van der Waals surface area contributed by atoms with Crippen LogP contribution in [0.25, 0.3) is 0 Å². The van der Waals surface area contributed by atoms with Crippen LogP contribution in [-0.4, -0.2) is 47.2 Å². The lowest BCUT2D eigenvalue weighted by molar-refractivity contribution is -0.108. The lowest BCUT2D eigenvalue weighted by atomic mass is 9.76. The summed E-state index contributed by atoms with van der Waals surface area (Å²) in [4.78, 5) is 17.8. The highest BCUT2D eigenvalue weighted by atomic mass is 35.5. The Bertz CT molecular complexity index is 1440. The zero-order valence-corrected chi connectivity index (χ0v) is 23.7. The molecule has 3 fully saturated rings. The van der Waals surface area contributed by atoms with Gasteiger partial charge in [-0.15, -0.1) is 5.10 Å². The summed E-state index contributed by atoms with van der Waals surface area (Å²) in [6, 6.07) is 5.88. The Morgan fingerprint density at radius 2 is 1.90 bits per heavy atom. The Hall–Kier alpha value is -2.95. The molecule has 1 aromatic carbocycles. The maximum atomic E-state index is 13.6. The number of aliphatic hydroxyl groups is 2. The van der Waals surface area contributed by atoms with Gasteiger partial charge in [-0.3, -0.25) is 9.48 Å². The average Bonchev–Trinajstić information content (AvgIpc) is 3.61. The number of amides is 1. The van der Waals surface area contributed by atoms with Crippen LogP contribution in [0.2, 0.25) is 5.02 Å². The molecule has 9 nitrogen and oxygen atoms in total. The Labute approximate surface area is 237 Å². The number of anilines is 1. The molecule has 0 bridgehead atoms. The van der Waals surface area contributed by atoms with Crippen molar-refractivity contribution in [2.24, 2.45) is 25.9 Å². The summed E-state index contributed by atoms with van der Waals surface area (Å²) in [5.74, 6) is 0.188. The number of nitrogens with one attached hydrogen (secondary N) is 1. The summed E-state index contributed by atoms with van der Waals surface area (Å²) in [6.45, 7) is 1.86. The van der Waals surface area contributed by atoms with E-state index >= 15 is 0 Å². The van der Waals surface area contributed by atoms with Crippen LogP contribution in [0.3, 0.4) is 0 Å². The maximum Gasteiger partial charge on any atom is 0.274 e. The molecule has 11 heteroatoms. The highest BCUT2D eigenvalue weighted by Crippen LogP contribution is 2.57. The summed E-state index contributed by atoms with van der Waals surface area (Å²) in [6.07, 6.45) is 6.54. The van der Waals surface area contributed by atoms with E-state index in [-0.39, 0.29) is 34.8 Å². The number of nitrogens with zero attached hydrogens (tertiary/aromatic N) is 4. The molecule has 3 aliphatic carbocycles. The number of imidazole rings is 1. The lowest BCUT2D eigenvalue weighted by Gasteiger charge is -2.40. The largest absolute Gasteiger partial charge is 0.471 e. The minimum atomic E-state index is -1.02. The number of hydrogen-bond donors (Lipinski definition) is 3. The number of aromatic nitrogens is 4. The molecule has 214 valence electrons. The zero-order valence-electron chi connectivity index (χ0n) is 22.9.